The first kappa shape index (κ1) is 18.0. The molecule has 2 aliphatic rings. The molecule has 2 heterocycles. The molecule has 0 saturated carbocycles. The number of hydrogen-bond donors (Lipinski definition) is 2. The van der Waals surface area contributed by atoms with Gasteiger partial charge in [0, 0.05) is 12.6 Å². The number of rotatable bonds is 5. The molecule has 2 unspecified atom stereocenters. The maximum Gasteiger partial charge on any atom is 0.258 e. The van der Waals surface area contributed by atoms with Gasteiger partial charge in [0.15, 0.2) is 6.61 Å². The van der Waals surface area contributed by atoms with Crippen LogP contribution in [0, 0.1) is 5.92 Å². The van der Waals surface area contributed by atoms with Crippen molar-refractivity contribution < 1.29 is 9.53 Å². The zero-order valence-corrected chi connectivity index (χ0v) is 15.8. The molecule has 6 heteroatoms. The molecule has 2 N–H and O–H groups in total. The monoisotopic (exact) mass is 366 g/mol. The first-order valence-corrected chi connectivity index (χ1v) is 10.8. The fraction of sp³-hybridized carbons (Fsp3) is 0.611. The number of hydrogen-bond acceptors (Lipinski definition) is 5. The van der Waals surface area contributed by atoms with Crippen LogP contribution in [0.2, 0.25) is 0 Å². The predicted octanol–water partition coefficient (Wildman–Crippen LogP) is 3.05. The number of thioether (sulfide) groups is 2. The third-order valence-corrected chi connectivity index (χ3v) is 7.54. The number of benzene rings is 1. The van der Waals surface area contributed by atoms with Gasteiger partial charge in [-0.1, -0.05) is 19.1 Å². The molecule has 2 atom stereocenters. The molecule has 2 saturated heterocycles. The van der Waals surface area contributed by atoms with Gasteiger partial charge in [0.05, 0.1) is 4.58 Å². The van der Waals surface area contributed by atoms with Crippen molar-refractivity contribution in [2.24, 2.45) is 5.92 Å². The van der Waals surface area contributed by atoms with E-state index >= 15 is 0 Å². The summed E-state index contributed by atoms with van der Waals surface area (Å²) in [6.07, 6.45) is 2.40. The zero-order chi connectivity index (χ0) is 16.8. The van der Waals surface area contributed by atoms with Crippen LogP contribution in [0.15, 0.2) is 24.3 Å². The summed E-state index contributed by atoms with van der Waals surface area (Å²) in [5.41, 5.74) is 1.34. The molecule has 0 aromatic heterocycles. The molecular formula is C18H26N2O2S2. The van der Waals surface area contributed by atoms with Crippen LogP contribution in [0.25, 0.3) is 0 Å². The van der Waals surface area contributed by atoms with Crippen molar-refractivity contribution in [1.29, 1.82) is 0 Å². The Morgan fingerprint density at radius 1 is 1.29 bits per heavy atom. The summed E-state index contributed by atoms with van der Waals surface area (Å²) >= 11 is 4.02. The first-order chi connectivity index (χ1) is 11.7. The van der Waals surface area contributed by atoms with Gasteiger partial charge in [0.1, 0.15) is 5.75 Å². The minimum atomic E-state index is -0.0435. The highest BCUT2D eigenvalue weighted by molar-refractivity contribution is 8.16. The van der Waals surface area contributed by atoms with E-state index in [1.54, 1.807) is 0 Å². The van der Waals surface area contributed by atoms with Gasteiger partial charge in [0.2, 0.25) is 0 Å². The highest BCUT2D eigenvalue weighted by Gasteiger charge is 2.22. The molecule has 0 aliphatic carbocycles. The van der Waals surface area contributed by atoms with Crippen molar-refractivity contribution in [3.05, 3.63) is 29.8 Å². The van der Waals surface area contributed by atoms with Gasteiger partial charge in [0.25, 0.3) is 5.91 Å². The van der Waals surface area contributed by atoms with Gasteiger partial charge < -0.3 is 15.4 Å². The SMILES string of the molecule is CC1CCNCC1NC(=O)COc1ccc(C2SCCCS2)cc1. The number of carbonyl (C=O) groups is 1. The van der Waals surface area contributed by atoms with E-state index in [0.29, 0.717) is 10.5 Å². The predicted molar refractivity (Wildman–Crippen MR) is 103 cm³/mol. The Balaban J connectivity index is 1.44. The molecule has 1 aromatic carbocycles. The molecule has 24 heavy (non-hydrogen) atoms. The molecule has 1 aromatic rings. The van der Waals surface area contributed by atoms with Gasteiger partial charge in [-0.15, -0.1) is 23.5 Å². The largest absolute Gasteiger partial charge is 0.484 e. The summed E-state index contributed by atoms with van der Waals surface area (Å²) in [7, 11) is 0. The van der Waals surface area contributed by atoms with Gasteiger partial charge in [-0.05, 0) is 54.5 Å². The third kappa shape index (κ3) is 5.07. The van der Waals surface area contributed by atoms with Crippen LogP contribution in [0.1, 0.15) is 29.9 Å². The molecule has 2 fully saturated rings. The molecule has 3 rings (SSSR count). The van der Waals surface area contributed by atoms with E-state index in [1.165, 1.54) is 23.5 Å². The lowest BCUT2D eigenvalue weighted by Gasteiger charge is -2.30. The number of piperidine rings is 1. The average molecular weight is 367 g/mol. The fourth-order valence-electron chi connectivity index (χ4n) is 2.98. The van der Waals surface area contributed by atoms with Crippen molar-refractivity contribution >= 4 is 29.4 Å². The smallest absolute Gasteiger partial charge is 0.258 e. The minimum absolute atomic E-state index is 0.0435. The molecule has 0 radical (unpaired) electrons. The normalized spacial score (nSPS) is 25.2. The van der Waals surface area contributed by atoms with E-state index in [9.17, 15) is 4.79 Å². The van der Waals surface area contributed by atoms with Crippen molar-refractivity contribution in [3.8, 4) is 5.75 Å². The van der Waals surface area contributed by atoms with Crippen LogP contribution < -0.4 is 15.4 Å². The summed E-state index contributed by atoms with van der Waals surface area (Å²) in [4.78, 5) is 12.1. The molecular weight excluding hydrogens is 340 g/mol. The maximum atomic E-state index is 12.1. The second kappa shape index (κ2) is 9.02. The number of carbonyl (C=O) groups excluding carboxylic acids is 1. The number of ether oxygens (including phenoxy) is 1. The Kier molecular flexibility index (Phi) is 6.75. The summed E-state index contributed by atoms with van der Waals surface area (Å²) in [5.74, 6) is 3.71. The van der Waals surface area contributed by atoms with Gasteiger partial charge in [-0.2, -0.15) is 0 Å². The summed E-state index contributed by atoms with van der Waals surface area (Å²) in [5, 5.41) is 6.39. The number of nitrogens with one attached hydrogen (secondary N) is 2. The minimum Gasteiger partial charge on any atom is -0.484 e. The fourth-order valence-corrected chi connectivity index (χ4v) is 5.88. The summed E-state index contributed by atoms with van der Waals surface area (Å²) < 4.78 is 6.18. The van der Waals surface area contributed by atoms with E-state index in [0.717, 1.165) is 25.3 Å². The topological polar surface area (TPSA) is 50.4 Å². The number of amides is 1. The average Bonchev–Trinajstić information content (AvgIpc) is 2.63. The Bertz CT molecular complexity index is 532. The van der Waals surface area contributed by atoms with Crippen molar-refractivity contribution in [2.75, 3.05) is 31.2 Å². The highest BCUT2D eigenvalue weighted by Crippen LogP contribution is 2.43. The van der Waals surface area contributed by atoms with Gasteiger partial charge >= 0.3 is 0 Å². The van der Waals surface area contributed by atoms with Crippen LogP contribution in [0.3, 0.4) is 0 Å². The van der Waals surface area contributed by atoms with Crippen LogP contribution in [-0.2, 0) is 4.79 Å². The van der Waals surface area contributed by atoms with Gasteiger partial charge in [-0.3, -0.25) is 4.79 Å². The first-order valence-electron chi connectivity index (χ1n) is 8.68. The van der Waals surface area contributed by atoms with Crippen LogP contribution in [0.4, 0.5) is 0 Å². The van der Waals surface area contributed by atoms with Crippen molar-refractivity contribution in [3.63, 3.8) is 0 Å². The Morgan fingerprint density at radius 3 is 2.75 bits per heavy atom. The van der Waals surface area contributed by atoms with E-state index < -0.39 is 0 Å². The molecule has 0 spiro atoms. The summed E-state index contributed by atoms with van der Waals surface area (Å²) in [6.45, 7) is 4.15. The van der Waals surface area contributed by atoms with Crippen LogP contribution in [-0.4, -0.2) is 43.2 Å². The second-order valence-electron chi connectivity index (χ2n) is 6.43. The lowest BCUT2D eigenvalue weighted by molar-refractivity contribution is -0.124. The lowest BCUT2D eigenvalue weighted by Crippen LogP contribution is -2.51. The standard InChI is InChI=1S/C18H26N2O2S2/c1-13-7-8-19-11-16(13)20-17(21)12-22-15-5-3-14(4-6-15)18-23-9-2-10-24-18/h3-6,13,16,18-19H,2,7-12H2,1H3,(H,20,21). The summed E-state index contributed by atoms with van der Waals surface area (Å²) in [6, 6.07) is 8.40. The van der Waals surface area contributed by atoms with Crippen LogP contribution in [0.5, 0.6) is 5.75 Å². The third-order valence-electron chi connectivity index (χ3n) is 4.52. The zero-order valence-electron chi connectivity index (χ0n) is 14.1. The highest BCUT2D eigenvalue weighted by atomic mass is 32.2. The van der Waals surface area contributed by atoms with E-state index in [1.807, 2.05) is 35.7 Å². The maximum absolute atomic E-state index is 12.1. The quantitative estimate of drug-likeness (QED) is 0.839. The van der Waals surface area contributed by atoms with Crippen LogP contribution >= 0.6 is 23.5 Å². The molecule has 1 amide bonds. The molecule has 4 nitrogen and oxygen atoms in total. The lowest BCUT2D eigenvalue weighted by atomic mass is 9.95. The Labute approximate surface area is 152 Å². The Hall–Kier alpha value is -0.850. The van der Waals surface area contributed by atoms with Crippen molar-refractivity contribution in [1.82, 2.24) is 10.6 Å². The molecule has 2 aliphatic heterocycles. The second-order valence-corrected chi connectivity index (χ2v) is 9.15. The van der Waals surface area contributed by atoms with E-state index in [4.69, 9.17) is 4.74 Å². The Morgan fingerprint density at radius 2 is 2.04 bits per heavy atom. The van der Waals surface area contributed by atoms with E-state index in [-0.39, 0.29) is 18.6 Å². The molecule has 132 valence electrons. The molecule has 0 bridgehead atoms. The van der Waals surface area contributed by atoms with E-state index in [2.05, 4.69) is 29.7 Å². The van der Waals surface area contributed by atoms with Crippen molar-refractivity contribution in [2.45, 2.75) is 30.4 Å². The van der Waals surface area contributed by atoms with Gasteiger partial charge in [-0.25, -0.2) is 0 Å².